The Morgan fingerprint density at radius 3 is 2.40 bits per heavy atom. The van der Waals surface area contributed by atoms with Crippen molar-refractivity contribution in [2.45, 2.75) is 30.9 Å². The zero-order chi connectivity index (χ0) is 17.0. The average molecular weight is 335 g/mol. The van der Waals surface area contributed by atoms with E-state index in [-0.39, 0.29) is 30.1 Å². The highest BCUT2D eigenvalue weighted by Gasteiger charge is 2.51. The van der Waals surface area contributed by atoms with E-state index in [1.807, 2.05) is 17.0 Å². The van der Waals surface area contributed by atoms with Crippen molar-refractivity contribution in [1.82, 2.24) is 4.90 Å². The van der Waals surface area contributed by atoms with Gasteiger partial charge in [-0.05, 0) is 35.1 Å². The number of aliphatic hydroxyl groups excluding tert-OH is 1. The Labute approximate surface area is 147 Å². The van der Waals surface area contributed by atoms with Crippen LogP contribution in [0.1, 0.15) is 29.9 Å². The second-order valence-electron chi connectivity index (χ2n) is 7.32. The molecule has 128 valence electrons. The zero-order valence-corrected chi connectivity index (χ0v) is 14.0. The van der Waals surface area contributed by atoms with Gasteiger partial charge in [0.05, 0.1) is 6.10 Å². The van der Waals surface area contributed by atoms with Gasteiger partial charge >= 0.3 is 6.09 Å². The molecule has 25 heavy (non-hydrogen) atoms. The van der Waals surface area contributed by atoms with E-state index in [1.54, 1.807) is 0 Å². The van der Waals surface area contributed by atoms with Crippen molar-refractivity contribution in [3.8, 4) is 11.1 Å². The van der Waals surface area contributed by atoms with Crippen LogP contribution in [0, 0.1) is 5.92 Å². The predicted molar refractivity (Wildman–Crippen MR) is 94.3 cm³/mol. The lowest BCUT2D eigenvalue weighted by atomic mass is 9.98. The molecule has 0 aromatic heterocycles. The molecule has 3 unspecified atom stereocenters. The summed E-state index contributed by atoms with van der Waals surface area (Å²) in [5, 5.41) is 9.86. The van der Waals surface area contributed by atoms with Gasteiger partial charge in [0, 0.05) is 24.4 Å². The van der Waals surface area contributed by atoms with Crippen LogP contribution in [0.4, 0.5) is 4.79 Å². The van der Waals surface area contributed by atoms with Gasteiger partial charge in [-0.2, -0.15) is 0 Å². The summed E-state index contributed by atoms with van der Waals surface area (Å²) in [5.41, 5.74) is 4.94. The van der Waals surface area contributed by atoms with E-state index < -0.39 is 0 Å². The standard InChI is InChI=1S/C21H21NO3/c23-20-9-10-22(19-11-17(19)20)21(24)25-12-18-15-7-3-1-5-13(15)14-6-2-4-8-16(14)18/h1-8,17-20,23H,9-12H2. The van der Waals surface area contributed by atoms with E-state index in [4.69, 9.17) is 4.74 Å². The highest BCUT2D eigenvalue weighted by atomic mass is 16.6. The van der Waals surface area contributed by atoms with Crippen molar-refractivity contribution in [2.75, 3.05) is 13.2 Å². The number of likely N-dealkylation sites (tertiary alicyclic amines) is 1. The molecule has 2 aromatic carbocycles. The van der Waals surface area contributed by atoms with E-state index in [2.05, 4.69) is 36.4 Å². The second kappa shape index (κ2) is 5.60. The van der Waals surface area contributed by atoms with Crippen molar-refractivity contribution in [3.05, 3.63) is 59.7 Å². The first-order valence-electron chi connectivity index (χ1n) is 9.03. The topological polar surface area (TPSA) is 49.8 Å². The lowest BCUT2D eigenvalue weighted by Gasteiger charge is -2.29. The van der Waals surface area contributed by atoms with Gasteiger partial charge in [0.2, 0.25) is 0 Å². The lowest BCUT2D eigenvalue weighted by Crippen LogP contribution is -2.42. The Bertz CT molecular complexity index is 788. The number of amides is 1. The Hall–Kier alpha value is -2.33. The minimum atomic E-state index is -0.248. The number of aliphatic hydroxyl groups is 1. The Morgan fingerprint density at radius 1 is 1.08 bits per heavy atom. The first kappa shape index (κ1) is 15.0. The maximum atomic E-state index is 12.5. The van der Waals surface area contributed by atoms with Crippen molar-refractivity contribution in [1.29, 1.82) is 0 Å². The maximum absolute atomic E-state index is 12.5. The first-order valence-corrected chi connectivity index (χ1v) is 9.03. The minimum Gasteiger partial charge on any atom is -0.448 e. The first-order chi connectivity index (χ1) is 12.2. The number of benzene rings is 2. The summed E-state index contributed by atoms with van der Waals surface area (Å²) in [5.74, 6) is 0.357. The summed E-state index contributed by atoms with van der Waals surface area (Å²) in [6.07, 6.45) is 1.08. The number of hydrogen-bond acceptors (Lipinski definition) is 3. The van der Waals surface area contributed by atoms with Crippen molar-refractivity contribution in [3.63, 3.8) is 0 Å². The Morgan fingerprint density at radius 2 is 1.72 bits per heavy atom. The number of fused-ring (bicyclic) bond motifs is 4. The molecule has 1 saturated heterocycles. The third-order valence-corrected chi connectivity index (χ3v) is 5.94. The van der Waals surface area contributed by atoms with E-state index in [9.17, 15) is 9.90 Å². The van der Waals surface area contributed by atoms with Gasteiger partial charge in [0.15, 0.2) is 0 Å². The highest BCUT2D eigenvalue weighted by Crippen LogP contribution is 2.45. The molecule has 3 aliphatic rings. The van der Waals surface area contributed by atoms with Gasteiger partial charge in [-0.25, -0.2) is 4.79 Å². The Balaban J connectivity index is 1.34. The summed E-state index contributed by atoms with van der Waals surface area (Å²) in [4.78, 5) is 14.4. The zero-order valence-electron chi connectivity index (χ0n) is 14.0. The third-order valence-electron chi connectivity index (χ3n) is 5.94. The van der Waals surface area contributed by atoms with E-state index in [1.165, 1.54) is 22.3 Å². The molecule has 0 radical (unpaired) electrons. The van der Waals surface area contributed by atoms with E-state index in [0.29, 0.717) is 19.6 Å². The second-order valence-corrected chi connectivity index (χ2v) is 7.32. The fourth-order valence-corrected chi connectivity index (χ4v) is 4.53. The molecule has 2 aromatic rings. The summed E-state index contributed by atoms with van der Waals surface area (Å²) in [7, 11) is 0. The smallest absolute Gasteiger partial charge is 0.410 e. The molecule has 3 atom stereocenters. The molecule has 0 bridgehead atoms. The molecule has 1 aliphatic heterocycles. The molecule has 1 amide bonds. The minimum absolute atomic E-state index is 0.0988. The van der Waals surface area contributed by atoms with Crippen LogP contribution in [-0.2, 0) is 4.74 Å². The molecule has 2 aliphatic carbocycles. The number of hydrogen-bond donors (Lipinski definition) is 1. The van der Waals surface area contributed by atoms with Crippen LogP contribution in [-0.4, -0.2) is 41.4 Å². The van der Waals surface area contributed by atoms with Crippen molar-refractivity contribution in [2.24, 2.45) is 5.92 Å². The number of nitrogens with zero attached hydrogens (tertiary/aromatic N) is 1. The molecule has 1 N–H and O–H groups in total. The summed E-state index contributed by atoms with van der Waals surface area (Å²) in [6, 6.07) is 16.9. The SMILES string of the molecule is O=C(OCC1c2ccccc2-c2ccccc21)N1CCC(O)C2CC21. The number of carbonyl (C=O) groups excluding carboxylic acids is 1. The van der Waals surface area contributed by atoms with Gasteiger partial charge in [-0.3, -0.25) is 0 Å². The highest BCUT2D eigenvalue weighted by molar-refractivity contribution is 5.79. The molecule has 0 spiro atoms. The quantitative estimate of drug-likeness (QED) is 0.915. The normalized spacial score (nSPS) is 26.6. The average Bonchev–Trinajstić information content (AvgIpc) is 3.39. The summed E-state index contributed by atoms with van der Waals surface area (Å²) in [6.45, 7) is 0.961. The molecule has 4 heteroatoms. The van der Waals surface area contributed by atoms with Gasteiger partial charge in [0.25, 0.3) is 0 Å². The van der Waals surface area contributed by atoms with Gasteiger partial charge < -0.3 is 14.7 Å². The predicted octanol–water partition coefficient (Wildman–Crippen LogP) is 3.39. The molecule has 1 heterocycles. The van der Waals surface area contributed by atoms with E-state index >= 15 is 0 Å². The molecular formula is C21H21NO3. The van der Waals surface area contributed by atoms with Crippen LogP contribution < -0.4 is 0 Å². The fraction of sp³-hybridized carbons (Fsp3) is 0.381. The number of rotatable bonds is 2. The van der Waals surface area contributed by atoms with Crippen LogP contribution in [0.25, 0.3) is 11.1 Å². The maximum Gasteiger partial charge on any atom is 0.410 e. The summed E-state index contributed by atoms with van der Waals surface area (Å²) < 4.78 is 5.72. The lowest BCUT2D eigenvalue weighted by molar-refractivity contribution is 0.0536. The summed E-state index contributed by atoms with van der Waals surface area (Å²) >= 11 is 0. The number of carbonyl (C=O) groups is 1. The van der Waals surface area contributed by atoms with Crippen molar-refractivity contribution >= 4 is 6.09 Å². The molecule has 4 nitrogen and oxygen atoms in total. The van der Waals surface area contributed by atoms with Crippen LogP contribution in [0.2, 0.25) is 0 Å². The molecule has 2 fully saturated rings. The Kier molecular flexibility index (Phi) is 3.35. The molecule has 5 rings (SSSR count). The van der Waals surface area contributed by atoms with Crippen LogP contribution in [0.5, 0.6) is 0 Å². The van der Waals surface area contributed by atoms with E-state index in [0.717, 1.165) is 6.42 Å². The largest absolute Gasteiger partial charge is 0.448 e. The van der Waals surface area contributed by atoms with Crippen LogP contribution in [0.3, 0.4) is 0 Å². The van der Waals surface area contributed by atoms with Gasteiger partial charge in [-0.15, -0.1) is 0 Å². The van der Waals surface area contributed by atoms with Crippen molar-refractivity contribution < 1.29 is 14.6 Å². The van der Waals surface area contributed by atoms with Gasteiger partial charge in [0.1, 0.15) is 6.61 Å². The monoisotopic (exact) mass is 335 g/mol. The fourth-order valence-electron chi connectivity index (χ4n) is 4.53. The van der Waals surface area contributed by atoms with Gasteiger partial charge in [-0.1, -0.05) is 48.5 Å². The van der Waals surface area contributed by atoms with Crippen LogP contribution >= 0.6 is 0 Å². The van der Waals surface area contributed by atoms with Crippen LogP contribution in [0.15, 0.2) is 48.5 Å². The number of piperidine rings is 1. The molecule has 1 saturated carbocycles. The third kappa shape index (κ3) is 2.35. The molecular weight excluding hydrogens is 314 g/mol. The number of ether oxygens (including phenoxy) is 1.